The lowest BCUT2D eigenvalue weighted by Crippen LogP contribution is -2.38. The van der Waals surface area contributed by atoms with Gasteiger partial charge in [-0.25, -0.2) is 9.98 Å². The van der Waals surface area contributed by atoms with Gasteiger partial charge in [0, 0.05) is 32.6 Å². The van der Waals surface area contributed by atoms with Crippen LogP contribution in [0.25, 0.3) is 0 Å². The third-order valence-corrected chi connectivity index (χ3v) is 4.52. The number of hydrogen-bond donors (Lipinski definition) is 2. The molecule has 1 aliphatic heterocycles. The van der Waals surface area contributed by atoms with Gasteiger partial charge < -0.3 is 20.3 Å². The molecule has 1 aliphatic rings. The average Bonchev–Trinajstić information content (AvgIpc) is 3.03. The van der Waals surface area contributed by atoms with E-state index in [0.717, 1.165) is 55.9 Å². The Morgan fingerprint density at radius 1 is 1.43 bits per heavy atom. The summed E-state index contributed by atoms with van der Waals surface area (Å²) in [6.07, 6.45) is 4.27. The maximum atomic E-state index is 5.33. The average molecular weight is 337 g/mol. The fourth-order valence-electron chi connectivity index (χ4n) is 2.21. The molecule has 1 aromatic rings. The van der Waals surface area contributed by atoms with Crippen molar-refractivity contribution >= 4 is 22.4 Å². The summed E-state index contributed by atoms with van der Waals surface area (Å²) in [7, 11) is 4.00. The van der Waals surface area contributed by atoms with E-state index in [2.05, 4.69) is 39.0 Å². The van der Waals surface area contributed by atoms with Crippen molar-refractivity contribution in [1.29, 1.82) is 0 Å². The normalized spacial score (nSPS) is 15.3. The van der Waals surface area contributed by atoms with Gasteiger partial charge in [0.05, 0.1) is 25.5 Å². The molecule has 0 unspecified atom stereocenters. The van der Waals surface area contributed by atoms with Crippen LogP contribution in [0.4, 0.5) is 5.13 Å². The third-order valence-electron chi connectivity index (χ3n) is 3.46. The molecule has 0 saturated carbocycles. The lowest BCUT2D eigenvalue weighted by molar-refractivity contribution is 0.153. The summed E-state index contributed by atoms with van der Waals surface area (Å²) >= 11 is 1.64. The lowest BCUT2D eigenvalue weighted by atomic mass is 10.1. The Bertz CT molecular complexity index is 538. The minimum Gasteiger partial charge on any atom is -0.377 e. The molecule has 0 aromatic carbocycles. The molecule has 2 rings (SSSR count). The Balaban J connectivity index is 1.82. The molecule has 0 amide bonds. The third kappa shape index (κ3) is 6.19. The quantitative estimate of drug-likeness (QED) is 0.453. The van der Waals surface area contributed by atoms with Crippen molar-refractivity contribution in [2.24, 2.45) is 4.99 Å². The van der Waals surface area contributed by atoms with Gasteiger partial charge in [0.25, 0.3) is 0 Å². The number of guanidine groups is 1. The van der Waals surface area contributed by atoms with Gasteiger partial charge in [0.15, 0.2) is 11.1 Å². The minimum absolute atomic E-state index is 0.593. The largest absolute Gasteiger partial charge is 0.377 e. The smallest absolute Gasteiger partial charge is 0.191 e. The standard InChI is InChI=1S/C16H27N5OS/c1-4-17-15(18-8-5-13-6-9-22-10-7-13)19-11-14-12-23-16(20-14)21(2)3/h6,12H,4-5,7-11H2,1-3H3,(H2,17,18,19). The molecule has 2 N–H and O–H groups in total. The van der Waals surface area contributed by atoms with Gasteiger partial charge in [-0.15, -0.1) is 11.3 Å². The van der Waals surface area contributed by atoms with Gasteiger partial charge >= 0.3 is 0 Å². The highest BCUT2D eigenvalue weighted by Crippen LogP contribution is 2.18. The first kappa shape index (κ1) is 17.7. The zero-order valence-electron chi connectivity index (χ0n) is 14.3. The van der Waals surface area contributed by atoms with Crippen LogP contribution in [0.15, 0.2) is 22.0 Å². The molecule has 6 nitrogen and oxygen atoms in total. The van der Waals surface area contributed by atoms with Crippen molar-refractivity contribution < 1.29 is 4.74 Å². The number of hydrogen-bond acceptors (Lipinski definition) is 5. The van der Waals surface area contributed by atoms with Crippen LogP contribution in [-0.2, 0) is 11.3 Å². The SMILES string of the molecule is CCNC(=NCc1csc(N(C)C)n1)NCCC1=CCOCC1. The van der Waals surface area contributed by atoms with Gasteiger partial charge in [-0.3, -0.25) is 0 Å². The Morgan fingerprint density at radius 2 is 2.30 bits per heavy atom. The highest BCUT2D eigenvalue weighted by atomic mass is 32.1. The number of aromatic nitrogens is 1. The van der Waals surface area contributed by atoms with Crippen molar-refractivity contribution in [2.75, 3.05) is 45.3 Å². The summed E-state index contributed by atoms with van der Waals surface area (Å²) in [5, 5.41) is 9.75. The predicted octanol–water partition coefficient (Wildman–Crippen LogP) is 2.00. The summed E-state index contributed by atoms with van der Waals surface area (Å²) < 4.78 is 5.33. The van der Waals surface area contributed by atoms with E-state index in [1.807, 2.05) is 19.0 Å². The van der Waals surface area contributed by atoms with Crippen LogP contribution in [0.5, 0.6) is 0 Å². The molecule has 2 heterocycles. The molecule has 128 valence electrons. The molecule has 0 bridgehead atoms. The Labute approximate surface area is 142 Å². The minimum atomic E-state index is 0.593. The first-order valence-electron chi connectivity index (χ1n) is 8.08. The molecule has 1 aromatic heterocycles. The van der Waals surface area contributed by atoms with E-state index >= 15 is 0 Å². The fourth-order valence-corrected chi connectivity index (χ4v) is 2.96. The van der Waals surface area contributed by atoms with Crippen LogP contribution >= 0.6 is 11.3 Å². The van der Waals surface area contributed by atoms with Gasteiger partial charge in [-0.2, -0.15) is 0 Å². The predicted molar refractivity (Wildman–Crippen MR) is 97.4 cm³/mol. The summed E-state index contributed by atoms with van der Waals surface area (Å²) in [5.74, 6) is 0.847. The van der Waals surface area contributed by atoms with E-state index in [0.29, 0.717) is 6.54 Å². The maximum Gasteiger partial charge on any atom is 0.191 e. The van der Waals surface area contributed by atoms with Crippen molar-refractivity contribution in [3.63, 3.8) is 0 Å². The Morgan fingerprint density at radius 3 is 2.96 bits per heavy atom. The number of anilines is 1. The fraction of sp³-hybridized carbons (Fsp3) is 0.625. The second kappa shape index (κ2) is 9.52. The molecule has 7 heteroatoms. The first-order chi connectivity index (χ1) is 11.2. The van der Waals surface area contributed by atoms with E-state index in [4.69, 9.17) is 4.74 Å². The molecular weight excluding hydrogens is 310 g/mol. The Hall–Kier alpha value is -1.60. The molecule has 0 aliphatic carbocycles. The highest BCUT2D eigenvalue weighted by molar-refractivity contribution is 7.13. The van der Waals surface area contributed by atoms with Crippen LogP contribution < -0.4 is 15.5 Å². The van der Waals surface area contributed by atoms with E-state index in [1.165, 1.54) is 5.57 Å². The number of ether oxygens (including phenoxy) is 1. The van der Waals surface area contributed by atoms with Crippen molar-refractivity contribution in [3.8, 4) is 0 Å². The van der Waals surface area contributed by atoms with E-state index in [-0.39, 0.29) is 0 Å². The van der Waals surface area contributed by atoms with Crippen LogP contribution in [0.2, 0.25) is 0 Å². The molecule has 23 heavy (non-hydrogen) atoms. The molecular formula is C16H27N5OS. The lowest BCUT2D eigenvalue weighted by Gasteiger charge is -2.15. The number of thiazole rings is 1. The summed E-state index contributed by atoms with van der Waals surface area (Å²) in [6.45, 7) is 6.00. The number of aliphatic imine (C=N–C) groups is 1. The topological polar surface area (TPSA) is 61.8 Å². The van der Waals surface area contributed by atoms with Crippen molar-refractivity contribution in [1.82, 2.24) is 15.6 Å². The van der Waals surface area contributed by atoms with Gasteiger partial charge in [-0.05, 0) is 19.8 Å². The second-order valence-corrected chi connectivity index (χ2v) is 6.41. The molecule has 0 saturated heterocycles. The number of nitrogens with zero attached hydrogens (tertiary/aromatic N) is 3. The number of rotatable bonds is 7. The summed E-state index contributed by atoms with van der Waals surface area (Å²) in [4.78, 5) is 11.2. The van der Waals surface area contributed by atoms with E-state index in [9.17, 15) is 0 Å². The van der Waals surface area contributed by atoms with Crippen molar-refractivity contribution in [3.05, 3.63) is 22.7 Å². The van der Waals surface area contributed by atoms with Crippen molar-refractivity contribution in [2.45, 2.75) is 26.3 Å². The van der Waals surface area contributed by atoms with Crippen LogP contribution in [-0.4, -0.2) is 51.3 Å². The van der Waals surface area contributed by atoms with E-state index in [1.54, 1.807) is 11.3 Å². The number of nitrogens with one attached hydrogen (secondary N) is 2. The maximum absolute atomic E-state index is 5.33. The summed E-state index contributed by atoms with van der Waals surface area (Å²) in [6, 6.07) is 0. The van der Waals surface area contributed by atoms with Gasteiger partial charge in [0.1, 0.15) is 0 Å². The molecule has 0 atom stereocenters. The zero-order valence-corrected chi connectivity index (χ0v) is 15.1. The van der Waals surface area contributed by atoms with Gasteiger partial charge in [-0.1, -0.05) is 11.6 Å². The Kier molecular flexibility index (Phi) is 7.35. The molecule has 0 fully saturated rings. The van der Waals surface area contributed by atoms with Gasteiger partial charge in [0.2, 0.25) is 0 Å². The highest BCUT2D eigenvalue weighted by Gasteiger charge is 2.05. The molecule has 0 spiro atoms. The van der Waals surface area contributed by atoms with Crippen LogP contribution in [0.1, 0.15) is 25.5 Å². The molecule has 0 radical (unpaired) electrons. The van der Waals surface area contributed by atoms with E-state index < -0.39 is 0 Å². The summed E-state index contributed by atoms with van der Waals surface area (Å²) in [5.41, 5.74) is 2.47. The van der Waals surface area contributed by atoms with Crippen LogP contribution in [0, 0.1) is 0 Å². The zero-order chi connectivity index (χ0) is 16.5. The first-order valence-corrected chi connectivity index (χ1v) is 8.96. The monoisotopic (exact) mass is 337 g/mol. The second-order valence-electron chi connectivity index (χ2n) is 5.58. The van der Waals surface area contributed by atoms with Crippen LogP contribution in [0.3, 0.4) is 0 Å².